The van der Waals surface area contributed by atoms with Crippen molar-refractivity contribution < 1.29 is 19.1 Å². The van der Waals surface area contributed by atoms with Crippen molar-refractivity contribution in [2.24, 2.45) is 0 Å². The smallest absolute Gasteiger partial charge is 0.336 e. The van der Waals surface area contributed by atoms with E-state index in [-0.39, 0.29) is 30.3 Å². The highest BCUT2D eigenvalue weighted by molar-refractivity contribution is 5.96. The monoisotopic (exact) mass is 371 g/mol. The van der Waals surface area contributed by atoms with Crippen molar-refractivity contribution >= 4 is 11.9 Å². The van der Waals surface area contributed by atoms with Crippen LogP contribution in [0.1, 0.15) is 70.3 Å². The lowest BCUT2D eigenvalue weighted by atomic mass is 9.84. The van der Waals surface area contributed by atoms with E-state index in [1.807, 2.05) is 31.2 Å². The minimum absolute atomic E-state index is 0.0271. The molecule has 1 saturated carbocycles. The van der Waals surface area contributed by atoms with Gasteiger partial charge in [0, 0.05) is 23.6 Å². The summed E-state index contributed by atoms with van der Waals surface area (Å²) in [6, 6.07) is 7.63. The summed E-state index contributed by atoms with van der Waals surface area (Å²) in [7, 11) is 0. The molecule has 0 bridgehead atoms. The number of nitrogens with one attached hydrogen (secondary N) is 1. The summed E-state index contributed by atoms with van der Waals surface area (Å²) in [5.41, 5.74) is 1.99. The van der Waals surface area contributed by atoms with Gasteiger partial charge < -0.3 is 14.8 Å². The molecule has 1 heterocycles. The highest BCUT2D eigenvalue weighted by Crippen LogP contribution is 2.38. The lowest BCUT2D eigenvalue weighted by Crippen LogP contribution is -2.35. The van der Waals surface area contributed by atoms with Gasteiger partial charge in [-0.3, -0.25) is 4.79 Å². The van der Waals surface area contributed by atoms with Crippen LogP contribution in [0.4, 0.5) is 0 Å². The average Bonchev–Trinajstić information content (AvgIpc) is 2.90. The number of para-hydroxylation sites is 1. The number of hydrogen-bond donors (Lipinski definition) is 1. The number of rotatable bonds is 5. The zero-order valence-corrected chi connectivity index (χ0v) is 16.3. The van der Waals surface area contributed by atoms with E-state index in [0.717, 1.165) is 31.2 Å². The molecule has 27 heavy (non-hydrogen) atoms. The SMILES string of the molecule is CCOc1ccccc1[C@@H]1CC(=O)NC(C)=C1C(=O)OC1CCCCCC1. The average molecular weight is 371 g/mol. The van der Waals surface area contributed by atoms with Crippen LogP contribution in [-0.4, -0.2) is 24.6 Å². The van der Waals surface area contributed by atoms with Gasteiger partial charge in [-0.15, -0.1) is 0 Å². The molecule has 0 saturated heterocycles. The Hall–Kier alpha value is -2.30. The van der Waals surface area contributed by atoms with Crippen LogP contribution < -0.4 is 10.1 Å². The van der Waals surface area contributed by atoms with Crippen molar-refractivity contribution in [2.75, 3.05) is 6.61 Å². The zero-order chi connectivity index (χ0) is 19.2. The fourth-order valence-electron chi connectivity index (χ4n) is 4.07. The molecule has 1 aliphatic heterocycles. The first kappa shape index (κ1) is 19.5. The van der Waals surface area contributed by atoms with Gasteiger partial charge in [0.2, 0.25) is 5.91 Å². The second-order valence-electron chi connectivity index (χ2n) is 7.33. The van der Waals surface area contributed by atoms with E-state index >= 15 is 0 Å². The number of allylic oxidation sites excluding steroid dienone is 1. The van der Waals surface area contributed by atoms with Gasteiger partial charge in [-0.2, -0.15) is 0 Å². The Morgan fingerprint density at radius 2 is 1.85 bits per heavy atom. The first-order chi connectivity index (χ1) is 13.1. The van der Waals surface area contributed by atoms with E-state index in [1.165, 1.54) is 12.8 Å². The molecule has 1 aliphatic carbocycles. The lowest BCUT2D eigenvalue weighted by Gasteiger charge is -2.29. The first-order valence-electron chi connectivity index (χ1n) is 10.0. The van der Waals surface area contributed by atoms with Gasteiger partial charge in [0.05, 0.1) is 12.2 Å². The predicted molar refractivity (Wildman–Crippen MR) is 103 cm³/mol. The fraction of sp³-hybridized carbons (Fsp3) is 0.545. The Morgan fingerprint density at radius 3 is 2.56 bits per heavy atom. The Morgan fingerprint density at radius 1 is 1.15 bits per heavy atom. The molecule has 3 rings (SSSR count). The highest BCUT2D eigenvalue weighted by atomic mass is 16.5. The second kappa shape index (κ2) is 9.07. The first-order valence-corrected chi connectivity index (χ1v) is 10.0. The summed E-state index contributed by atoms with van der Waals surface area (Å²) in [5, 5.41) is 2.81. The van der Waals surface area contributed by atoms with Gasteiger partial charge >= 0.3 is 5.97 Å². The molecule has 146 valence electrons. The van der Waals surface area contributed by atoms with Crippen molar-refractivity contribution in [2.45, 2.75) is 70.8 Å². The maximum Gasteiger partial charge on any atom is 0.336 e. The van der Waals surface area contributed by atoms with Crippen LogP contribution in [0.3, 0.4) is 0 Å². The Labute approximate surface area is 161 Å². The molecule has 1 amide bonds. The number of carbonyl (C=O) groups excluding carboxylic acids is 2. The highest BCUT2D eigenvalue weighted by Gasteiger charge is 2.35. The molecule has 0 aromatic heterocycles. The minimum atomic E-state index is -0.347. The Balaban J connectivity index is 1.89. The van der Waals surface area contributed by atoms with E-state index in [2.05, 4.69) is 5.32 Å². The van der Waals surface area contributed by atoms with Crippen molar-refractivity contribution in [3.05, 3.63) is 41.1 Å². The molecule has 1 atom stereocenters. The van der Waals surface area contributed by atoms with Gasteiger partial charge in [-0.05, 0) is 45.6 Å². The molecular formula is C22H29NO4. The van der Waals surface area contributed by atoms with Crippen molar-refractivity contribution in [3.63, 3.8) is 0 Å². The summed E-state index contributed by atoms with van der Waals surface area (Å²) in [6.45, 7) is 4.23. The maximum atomic E-state index is 13.1. The third-order valence-corrected chi connectivity index (χ3v) is 5.36. The van der Waals surface area contributed by atoms with Crippen LogP contribution in [0.15, 0.2) is 35.5 Å². The standard InChI is InChI=1S/C22H29NO4/c1-3-26-19-13-9-8-12-17(19)18-14-20(24)23-15(2)21(18)22(25)27-16-10-6-4-5-7-11-16/h8-9,12-13,16,18H,3-7,10-11,14H2,1-2H3,(H,23,24)/t18-/m0/s1. The number of benzene rings is 1. The van der Waals surface area contributed by atoms with Crippen molar-refractivity contribution in [3.8, 4) is 5.75 Å². The summed E-state index contributed by atoms with van der Waals surface area (Å²) >= 11 is 0. The third kappa shape index (κ3) is 4.71. The third-order valence-electron chi connectivity index (χ3n) is 5.36. The van der Waals surface area contributed by atoms with Crippen LogP contribution in [0.5, 0.6) is 5.75 Å². The summed E-state index contributed by atoms with van der Waals surface area (Å²) < 4.78 is 11.6. The van der Waals surface area contributed by atoms with Gasteiger partial charge in [0.15, 0.2) is 0 Å². The van der Waals surface area contributed by atoms with E-state index in [1.54, 1.807) is 6.92 Å². The quantitative estimate of drug-likeness (QED) is 0.621. The second-order valence-corrected chi connectivity index (χ2v) is 7.33. The van der Waals surface area contributed by atoms with Gasteiger partial charge in [0.1, 0.15) is 11.9 Å². The lowest BCUT2D eigenvalue weighted by molar-refractivity contribution is -0.145. The number of ether oxygens (including phenoxy) is 2. The molecule has 0 radical (unpaired) electrons. The van der Waals surface area contributed by atoms with Crippen molar-refractivity contribution in [1.82, 2.24) is 5.32 Å². The molecule has 1 aromatic rings. The summed E-state index contributed by atoms with van der Waals surface area (Å²) in [4.78, 5) is 25.3. The van der Waals surface area contributed by atoms with Crippen LogP contribution in [0.25, 0.3) is 0 Å². The number of esters is 1. The number of amides is 1. The van der Waals surface area contributed by atoms with Crippen LogP contribution in [-0.2, 0) is 14.3 Å². The molecule has 1 aromatic carbocycles. The molecule has 0 spiro atoms. The van der Waals surface area contributed by atoms with Gasteiger partial charge in [-0.25, -0.2) is 4.79 Å². The molecule has 1 N–H and O–H groups in total. The summed E-state index contributed by atoms with van der Waals surface area (Å²) in [5.74, 6) is -0.0300. The number of hydrogen-bond acceptors (Lipinski definition) is 4. The largest absolute Gasteiger partial charge is 0.494 e. The van der Waals surface area contributed by atoms with Crippen LogP contribution in [0, 0.1) is 0 Å². The Kier molecular flexibility index (Phi) is 6.54. The molecule has 0 unspecified atom stereocenters. The van der Waals surface area contributed by atoms with E-state index < -0.39 is 0 Å². The zero-order valence-electron chi connectivity index (χ0n) is 16.3. The van der Waals surface area contributed by atoms with E-state index in [4.69, 9.17) is 9.47 Å². The van der Waals surface area contributed by atoms with Crippen LogP contribution >= 0.6 is 0 Å². The molecule has 5 nitrogen and oxygen atoms in total. The molecule has 1 fully saturated rings. The van der Waals surface area contributed by atoms with Gasteiger partial charge in [0.25, 0.3) is 0 Å². The predicted octanol–water partition coefficient (Wildman–Crippen LogP) is 4.23. The van der Waals surface area contributed by atoms with E-state index in [0.29, 0.717) is 23.6 Å². The van der Waals surface area contributed by atoms with E-state index in [9.17, 15) is 9.59 Å². The fourth-order valence-corrected chi connectivity index (χ4v) is 4.07. The topological polar surface area (TPSA) is 64.6 Å². The molecule has 2 aliphatic rings. The van der Waals surface area contributed by atoms with Crippen molar-refractivity contribution in [1.29, 1.82) is 0 Å². The Bertz CT molecular complexity index is 717. The normalized spacial score (nSPS) is 21.4. The minimum Gasteiger partial charge on any atom is -0.494 e. The number of carbonyl (C=O) groups is 2. The molecular weight excluding hydrogens is 342 g/mol. The van der Waals surface area contributed by atoms with Gasteiger partial charge in [-0.1, -0.05) is 31.0 Å². The maximum absolute atomic E-state index is 13.1. The summed E-state index contributed by atoms with van der Waals surface area (Å²) in [6.07, 6.45) is 6.64. The molecule has 5 heteroatoms. The van der Waals surface area contributed by atoms with Crippen LogP contribution in [0.2, 0.25) is 0 Å².